The summed E-state index contributed by atoms with van der Waals surface area (Å²) in [6.07, 6.45) is 1.78. The molecular weight excluding hydrogens is 393 g/mol. The Bertz CT molecular complexity index is 1100. The van der Waals surface area contributed by atoms with Gasteiger partial charge in [-0.1, -0.05) is 18.7 Å². The number of nitrogens with one attached hydrogen (secondary N) is 1. The number of nitrogens with zero attached hydrogens (tertiary/aromatic N) is 3. The number of hydrogen-bond acceptors (Lipinski definition) is 5. The van der Waals surface area contributed by atoms with Gasteiger partial charge in [0.1, 0.15) is 12.4 Å². The van der Waals surface area contributed by atoms with E-state index in [1.807, 2.05) is 6.07 Å². The zero-order valence-corrected chi connectivity index (χ0v) is 17.6. The van der Waals surface area contributed by atoms with Crippen molar-refractivity contribution in [2.75, 3.05) is 38.6 Å². The number of anilines is 1. The lowest BCUT2D eigenvalue weighted by atomic mass is 9.98. The smallest absolute Gasteiger partial charge is 0.198 e. The summed E-state index contributed by atoms with van der Waals surface area (Å²) in [5.74, 6) is 2.55. The number of H-pyrrole nitrogens is 1. The number of halogens is 1. The Kier molecular flexibility index (Phi) is 5.18. The van der Waals surface area contributed by atoms with E-state index in [0.717, 1.165) is 78.3 Å². The molecule has 162 valence electrons. The van der Waals surface area contributed by atoms with E-state index < -0.39 is 0 Å². The van der Waals surface area contributed by atoms with Crippen molar-refractivity contribution in [3.05, 3.63) is 54.4 Å². The van der Waals surface area contributed by atoms with Crippen LogP contribution in [0.1, 0.15) is 18.4 Å². The van der Waals surface area contributed by atoms with Crippen molar-refractivity contribution in [1.29, 1.82) is 0 Å². The Balaban J connectivity index is 1.37. The molecule has 31 heavy (non-hydrogen) atoms. The minimum atomic E-state index is -0.217. The molecule has 0 radical (unpaired) electrons. The first-order valence-electron chi connectivity index (χ1n) is 10.9. The average molecular weight is 422 g/mol. The number of fused-ring (bicyclic) bond motifs is 2. The number of ether oxygens (including phenoxy) is 1. The first kappa shape index (κ1) is 19.7. The van der Waals surface area contributed by atoms with Gasteiger partial charge in [0.05, 0.1) is 30.1 Å². The highest BCUT2D eigenvalue weighted by Gasteiger charge is 2.24. The molecule has 0 spiro atoms. The SMILES string of the molecule is C=C(N1CCC(CF)CC1)N1CCOc2ccc(-c3ccc4nc(N)[nH]c4c3)cc2C1. The van der Waals surface area contributed by atoms with Gasteiger partial charge in [-0.2, -0.15) is 0 Å². The van der Waals surface area contributed by atoms with Crippen LogP contribution in [0.4, 0.5) is 10.3 Å². The Morgan fingerprint density at radius 3 is 2.71 bits per heavy atom. The molecule has 3 heterocycles. The van der Waals surface area contributed by atoms with Crippen LogP contribution in [-0.4, -0.2) is 52.7 Å². The van der Waals surface area contributed by atoms with Crippen molar-refractivity contribution in [3.63, 3.8) is 0 Å². The van der Waals surface area contributed by atoms with E-state index in [9.17, 15) is 4.39 Å². The number of nitrogen functional groups attached to an aromatic ring is 1. The fourth-order valence-electron chi connectivity index (χ4n) is 4.55. The van der Waals surface area contributed by atoms with E-state index in [4.69, 9.17) is 10.5 Å². The fourth-order valence-corrected chi connectivity index (χ4v) is 4.55. The summed E-state index contributed by atoms with van der Waals surface area (Å²) in [5, 5.41) is 0. The molecule has 0 saturated carbocycles. The van der Waals surface area contributed by atoms with Gasteiger partial charge in [0.2, 0.25) is 0 Å². The maximum Gasteiger partial charge on any atom is 0.198 e. The summed E-state index contributed by atoms with van der Waals surface area (Å²) < 4.78 is 19.0. The van der Waals surface area contributed by atoms with Crippen LogP contribution < -0.4 is 10.5 Å². The molecule has 1 aromatic heterocycles. The Morgan fingerprint density at radius 2 is 1.90 bits per heavy atom. The van der Waals surface area contributed by atoms with E-state index >= 15 is 0 Å². The molecule has 5 rings (SSSR count). The number of aromatic amines is 1. The number of piperidine rings is 1. The first-order chi connectivity index (χ1) is 15.1. The van der Waals surface area contributed by atoms with Gasteiger partial charge in [0.25, 0.3) is 0 Å². The lowest BCUT2D eigenvalue weighted by Gasteiger charge is -2.38. The van der Waals surface area contributed by atoms with Crippen LogP contribution in [0.25, 0.3) is 22.2 Å². The number of likely N-dealkylation sites (tertiary alicyclic amines) is 1. The van der Waals surface area contributed by atoms with Crippen LogP contribution >= 0.6 is 0 Å². The maximum atomic E-state index is 13.0. The standard InChI is InChI=1S/C24H28FN5O/c1-16(29-8-6-17(14-25)7-9-29)30-10-11-31-23-5-3-18(12-20(23)15-30)19-2-4-21-22(13-19)28-24(26)27-21/h2-5,12-13,17H,1,6-11,14-15H2,(H3,26,27,28). The van der Waals surface area contributed by atoms with Gasteiger partial charge in [0.15, 0.2) is 5.95 Å². The summed E-state index contributed by atoms with van der Waals surface area (Å²) in [7, 11) is 0. The highest BCUT2D eigenvalue weighted by Crippen LogP contribution is 2.32. The van der Waals surface area contributed by atoms with Gasteiger partial charge in [-0.25, -0.2) is 4.98 Å². The summed E-state index contributed by atoms with van der Waals surface area (Å²) >= 11 is 0. The first-order valence-corrected chi connectivity index (χ1v) is 10.9. The molecule has 6 nitrogen and oxygen atoms in total. The van der Waals surface area contributed by atoms with Crippen LogP contribution in [0.3, 0.4) is 0 Å². The summed E-state index contributed by atoms with van der Waals surface area (Å²) in [6, 6.07) is 12.4. The molecule has 3 N–H and O–H groups in total. The Labute approximate surface area is 181 Å². The van der Waals surface area contributed by atoms with E-state index in [2.05, 4.69) is 56.7 Å². The second-order valence-corrected chi connectivity index (χ2v) is 8.45. The van der Waals surface area contributed by atoms with Crippen LogP contribution in [0, 0.1) is 5.92 Å². The van der Waals surface area contributed by atoms with E-state index in [0.29, 0.717) is 12.6 Å². The number of alkyl halides is 1. The van der Waals surface area contributed by atoms with Crippen LogP contribution in [0.15, 0.2) is 48.8 Å². The minimum Gasteiger partial charge on any atom is -0.491 e. The van der Waals surface area contributed by atoms with Gasteiger partial charge >= 0.3 is 0 Å². The predicted molar refractivity (Wildman–Crippen MR) is 121 cm³/mol. The normalized spacial score (nSPS) is 17.3. The van der Waals surface area contributed by atoms with Gasteiger partial charge in [-0.15, -0.1) is 0 Å². The van der Waals surface area contributed by atoms with Gasteiger partial charge in [-0.3, -0.25) is 4.39 Å². The number of aromatic nitrogens is 2. The monoisotopic (exact) mass is 421 g/mol. The number of nitrogens with two attached hydrogens (primary N) is 1. The third-order valence-electron chi connectivity index (χ3n) is 6.44. The number of hydrogen-bond donors (Lipinski definition) is 2. The molecule has 3 aromatic rings. The third-order valence-corrected chi connectivity index (χ3v) is 6.44. The highest BCUT2D eigenvalue weighted by atomic mass is 19.1. The maximum absolute atomic E-state index is 13.0. The Morgan fingerprint density at radius 1 is 1.13 bits per heavy atom. The van der Waals surface area contributed by atoms with Crippen molar-refractivity contribution in [1.82, 2.24) is 19.8 Å². The molecule has 2 aliphatic rings. The molecule has 2 aliphatic heterocycles. The average Bonchev–Trinajstić information content (AvgIpc) is 3.04. The van der Waals surface area contributed by atoms with Crippen molar-refractivity contribution >= 4 is 17.0 Å². The second kappa shape index (κ2) is 8.13. The van der Waals surface area contributed by atoms with Crippen molar-refractivity contribution in [2.24, 2.45) is 5.92 Å². The molecule has 0 amide bonds. The third kappa shape index (κ3) is 3.92. The van der Waals surface area contributed by atoms with Crippen LogP contribution in [0.2, 0.25) is 0 Å². The minimum absolute atomic E-state index is 0.197. The molecular formula is C24H28FN5O. The molecule has 1 saturated heterocycles. The van der Waals surface area contributed by atoms with Gasteiger partial charge in [0, 0.05) is 25.2 Å². The number of benzene rings is 2. The second-order valence-electron chi connectivity index (χ2n) is 8.45. The lowest BCUT2D eigenvalue weighted by Crippen LogP contribution is -2.40. The summed E-state index contributed by atoms with van der Waals surface area (Å²) in [6.45, 7) is 8.02. The zero-order valence-electron chi connectivity index (χ0n) is 17.6. The van der Waals surface area contributed by atoms with Gasteiger partial charge < -0.3 is 25.3 Å². The highest BCUT2D eigenvalue weighted by molar-refractivity contribution is 5.83. The van der Waals surface area contributed by atoms with Crippen LogP contribution in [0.5, 0.6) is 5.75 Å². The molecule has 0 aliphatic carbocycles. The van der Waals surface area contributed by atoms with E-state index in [1.54, 1.807) is 0 Å². The summed E-state index contributed by atoms with van der Waals surface area (Å²) in [4.78, 5) is 11.9. The predicted octanol–water partition coefficient (Wildman–Crippen LogP) is 4.16. The van der Waals surface area contributed by atoms with Crippen LogP contribution in [-0.2, 0) is 6.54 Å². The lowest BCUT2D eigenvalue weighted by molar-refractivity contribution is 0.140. The molecule has 0 bridgehead atoms. The molecule has 0 unspecified atom stereocenters. The topological polar surface area (TPSA) is 70.4 Å². The van der Waals surface area contributed by atoms with Crippen molar-refractivity contribution in [2.45, 2.75) is 19.4 Å². The molecule has 0 atom stereocenters. The molecule has 7 heteroatoms. The number of imidazole rings is 1. The van der Waals surface area contributed by atoms with E-state index in [-0.39, 0.29) is 12.6 Å². The summed E-state index contributed by atoms with van der Waals surface area (Å²) in [5.41, 5.74) is 10.9. The molecule has 2 aromatic carbocycles. The quantitative estimate of drug-likeness (QED) is 0.662. The van der Waals surface area contributed by atoms with Crippen molar-refractivity contribution < 1.29 is 9.13 Å². The number of rotatable bonds is 4. The zero-order chi connectivity index (χ0) is 21.4. The fraction of sp³-hybridized carbons (Fsp3) is 0.375. The molecule has 1 fully saturated rings. The largest absolute Gasteiger partial charge is 0.491 e. The van der Waals surface area contributed by atoms with Crippen molar-refractivity contribution in [3.8, 4) is 16.9 Å². The Hall–Kier alpha value is -3.22. The van der Waals surface area contributed by atoms with Gasteiger partial charge in [-0.05, 0) is 54.2 Å². The van der Waals surface area contributed by atoms with E-state index in [1.165, 1.54) is 0 Å².